The van der Waals surface area contributed by atoms with Crippen LogP contribution < -0.4 is 0 Å². The average Bonchev–Trinajstić information content (AvgIpc) is 3.26. The largest absolute Gasteiger partial charge is 0.468 e. The van der Waals surface area contributed by atoms with Gasteiger partial charge in [0, 0.05) is 45.2 Å². The van der Waals surface area contributed by atoms with E-state index in [-0.39, 0.29) is 44.3 Å². The Morgan fingerprint density at radius 1 is 1.31 bits per heavy atom. The summed E-state index contributed by atoms with van der Waals surface area (Å²) < 4.78 is 34.0. The number of halogens is 2. The van der Waals surface area contributed by atoms with Gasteiger partial charge in [0.2, 0.25) is 5.91 Å². The molecule has 0 spiro atoms. The van der Waals surface area contributed by atoms with Crippen LogP contribution in [0.25, 0.3) is 0 Å². The van der Waals surface area contributed by atoms with Crippen LogP contribution in [0.3, 0.4) is 0 Å². The Labute approximate surface area is 150 Å². The monoisotopic (exact) mass is 364 g/mol. The van der Waals surface area contributed by atoms with Crippen LogP contribution in [0.4, 0.5) is 8.78 Å². The molecule has 0 aromatic carbocycles. The normalized spacial score (nSPS) is 23.0. The van der Waals surface area contributed by atoms with Gasteiger partial charge in [-0.15, -0.1) is 0 Å². The van der Waals surface area contributed by atoms with E-state index in [1.807, 2.05) is 22.9 Å². The highest BCUT2D eigenvalue weighted by Gasteiger charge is 2.36. The highest BCUT2D eigenvalue weighted by atomic mass is 19.3. The fourth-order valence-corrected chi connectivity index (χ4v) is 3.77. The number of fused-ring (bicyclic) bond motifs is 1. The minimum absolute atomic E-state index is 0.0770. The van der Waals surface area contributed by atoms with Crippen LogP contribution in [0.15, 0.2) is 35.1 Å². The van der Waals surface area contributed by atoms with E-state index in [1.54, 1.807) is 17.4 Å². The van der Waals surface area contributed by atoms with Gasteiger partial charge in [-0.25, -0.2) is 8.78 Å². The molecule has 1 atom stereocenters. The lowest BCUT2D eigenvalue weighted by Crippen LogP contribution is -2.45. The highest BCUT2D eigenvalue weighted by Crippen LogP contribution is 2.30. The molecule has 0 N–H and O–H groups in total. The van der Waals surface area contributed by atoms with E-state index in [0.717, 1.165) is 18.0 Å². The van der Waals surface area contributed by atoms with Crippen molar-refractivity contribution in [1.29, 1.82) is 0 Å². The number of aromatic nitrogens is 2. The summed E-state index contributed by atoms with van der Waals surface area (Å²) in [4.78, 5) is 16.4. The highest BCUT2D eigenvalue weighted by molar-refractivity contribution is 5.76. The van der Waals surface area contributed by atoms with Crippen molar-refractivity contribution in [2.75, 3.05) is 19.6 Å². The topological polar surface area (TPSA) is 54.5 Å². The van der Waals surface area contributed by atoms with Crippen LogP contribution in [-0.2, 0) is 17.9 Å². The summed E-state index contributed by atoms with van der Waals surface area (Å²) in [5.74, 6) is -1.84. The molecule has 1 saturated heterocycles. The third kappa shape index (κ3) is 3.65. The summed E-state index contributed by atoms with van der Waals surface area (Å²) in [5, 5.41) is 4.37. The number of nitrogens with zero attached hydrogens (tertiary/aromatic N) is 4. The summed E-state index contributed by atoms with van der Waals surface area (Å²) >= 11 is 0. The third-order valence-corrected chi connectivity index (χ3v) is 5.17. The van der Waals surface area contributed by atoms with Gasteiger partial charge in [0.15, 0.2) is 0 Å². The maximum Gasteiger partial charge on any atom is 0.251 e. The Hall–Kier alpha value is -2.22. The summed E-state index contributed by atoms with van der Waals surface area (Å²) in [6.07, 6.45) is 3.16. The lowest BCUT2D eigenvalue weighted by atomic mass is 10.0. The van der Waals surface area contributed by atoms with Gasteiger partial charge < -0.3 is 9.32 Å². The first-order valence-electron chi connectivity index (χ1n) is 8.93. The molecule has 2 aromatic rings. The molecule has 2 aliphatic rings. The number of hydrogen-bond donors (Lipinski definition) is 0. The first-order valence-corrected chi connectivity index (χ1v) is 8.93. The number of rotatable bonds is 4. The van der Waals surface area contributed by atoms with Crippen molar-refractivity contribution in [2.24, 2.45) is 0 Å². The maximum atomic E-state index is 13.3. The maximum absolute atomic E-state index is 13.3. The molecule has 2 aromatic heterocycles. The molecule has 4 rings (SSSR count). The molecular weight excluding hydrogens is 342 g/mol. The molecule has 0 aliphatic carbocycles. The molecule has 0 bridgehead atoms. The SMILES string of the molecule is O=C(CC1CN(Cc2ccco2)Cc2ccnn21)N1CCC(F)(F)CC1. The van der Waals surface area contributed by atoms with Crippen molar-refractivity contribution in [3.05, 3.63) is 42.1 Å². The van der Waals surface area contributed by atoms with Crippen LogP contribution in [0.2, 0.25) is 0 Å². The van der Waals surface area contributed by atoms with Crippen molar-refractivity contribution in [3.8, 4) is 0 Å². The number of alkyl halides is 2. The Morgan fingerprint density at radius 3 is 2.85 bits per heavy atom. The number of furan rings is 1. The molecule has 1 fully saturated rings. The van der Waals surface area contributed by atoms with Crippen LogP contribution >= 0.6 is 0 Å². The molecule has 2 aliphatic heterocycles. The number of likely N-dealkylation sites (tertiary alicyclic amines) is 1. The third-order valence-electron chi connectivity index (χ3n) is 5.17. The summed E-state index contributed by atoms with van der Waals surface area (Å²) in [5.41, 5.74) is 1.05. The molecule has 26 heavy (non-hydrogen) atoms. The molecule has 0 saturated carbocycles. The average molecular weight is 364 g/mol. The first-order chi connectivity index (χ1) is 12.5. The Morgan fingerprint density at radius 2 is 2.12 bits per heavy atom. The zero-order chi connectivity index (χ0) is 18.1. The van der Waals surface area contributed by atoms with E-state index in [1.165, 1.54) is 0 Å². The van der Waals surface area contributed by atoms with Crippen molar-refractivity contribution in [1.82, 2.24) is 19.6 Å². The Bertz CT molecular complexity index is 749. The standard InChI is InChI=1S/C18H22F2N4O2/c19-18(20)4-7-23(8-5-18)17(25)10-15-12-22(13-16-2-1-9-26-16)11-14-3-6-21-24(14)15/h1-3,6,9,15H,4-5,7-8,10-13H2. The molecule has 0 radical (unpaired) electrons. The second-order valence-electron chi connectivity index (χ2n) is 7.11. The minimum Gasteiger partial charge on any atom is -0.468 e. The molecule has 8 heteroatoms. The van der Waals surface area contributed by atoms with Crippen LogP contribution in [0.1, 0.15) is 36.8 Å². The van der Waals surface area contributed by atoms with E-state index in [2.05, 4.69) is 10.00 Å². The predicted octanol–water partition coefficient (Wildman–Crippen LogP) is 2.68. The second-order valence-corrected chi connectivity index (χ2v) is 7.11. The number of carbonyl (C=O) groups is 1. The number of piperidine rings is 1. The Balaban J connectivity index is 1.42. The lowest BCUT2D eigenvalue weighted by Gasteiger charge is -2.36. The lowest BCUT2D eigenvalue weighted by molar-refractivity contribution is -0.138. The predicted molar refractivity (Wildman–Crippen MR) is 89.5 cm³/mol. The van der Waals surface area contributed by atoms with Gasteiger partial charge in [-0.3, -0.25) is 14.4 Å². The zero-order valence-electron chi connectivity index (χ0n) is 14.5. The fourth-order valence-electron chi connectivity index (χ4n) is 3.77. The number of hydrogen-bond acceptors (Lipinski definition) is 4. The van der Waals surface area contributed by atoms with Gasteiger partial charge in [0.05, 0.1) is 31.0 Å². The number of carbonyl (C=O) groups excluding carboxylic acids is 1. The molecule has 1 unspecified atom stereocenters. The molecular formula is C18H22F2N4O2. The quantitative estimate of drug-likeness (QED) is 0.837. The van der Waals surface area contributed by atoms with E-state index in [9.17, 15) is 13.6 Å². The number of amides is 1. The molecule has 6 nitrogen and oxygen atoms in total. The van der Waals surface area contributed by atoms with Crippen LogP contribution in [0.5, 0.6) is 0 Å². The van der Waals surface area contributed by atoms with Gasteiger partial charge in [0.25, 0.3) is 5.92 Å². The van der Waals surface area contributed by atoms with E-state index >= 15 is 0 Å². The van der Waals surface area contributed by atoms with E-state index < -0.39 is 5.92 Å². The second kappa shape index (κ2) is 6.83. The van der Waals surface area contributed by atoms with Gasteiger partial charge >= 0.3 is 0 Å². The van der Waals surface area contributed by atoms with Gasteiger partial charge in [-0.1, -0.05) is 0 Å². The van der Waals surface area contributed by atoms with Gasteiger partial charge in [-0.2, -0.15) is 5.10 Å². The van der Waals surface area contributed by atoms with Crippen LogP contribution in [-0.4, -0.2) is 51.0 Å². The fraction of sp³-hybridized carbons (Fsp3) is 0.556. The molecule has 4 heterocycles. The summed E-state index contributed by atoms with van der Waals surface area (Å²) in [7, 11) is 0. The van der Waals surface area contributed by atoms with Crippen molar-refractivity contribution >= 4 is 5.91 Å². The zero-order valence-corrected chi connectivity index (χ0v) is 14.5. The molecule has 1 amide bonds. The van der Waals surface area contributed by atoms with Gasteiger partial charge in [-0.05, 0) is 18.2 Å². The van der Waals surface area contributed by atoms with Crippen LogP contribution in [0, 0.1) is 0 Å². The van der Waals surface area contributed by atoms with E-state index in [4.69, 9.17) is 4.42 Å². The first kappa shape index (κ1) is 17.2. The van der Waals surface area contributed by atoms with E-state index in [0.29, 0.717) is 13.1 Å². The summed E-state index contributed by atoms with van der Waals surface area (Å²) in [6.45, 7) is 2.33. The smallest absolute Gasteiger partial charge is 0.251 e. The minimum atomic E-state index is -2.64. The Kier molecular flexibility index (Phi) is 4.52. The van der Waals surface area contributed by atoms with Gasteiger partial charge in [0.1, 0.15) is 5.76 Å². The van der Waals surface area contributed by atoms with Crippen molar-refractivity contribution < 1.29 is 18.0 Å². The van der Waals surface area contributed by atoms with Crippen molar-refractivity contribution in [2.45, 2.75) is 44.3 Å². The molecule has 140 valence electrons. The summed E-state index contributed by atoms with van der Waals surface area (Å²) in [6, 6.07) is 5.64. The van der Waals surface area contributed by atoms with Crippen molar-refractivity contribution in [3.63, 3.8) is 0 Å².